The highest BCUT2D eigenvalue weighted by atomic mass is 16.6. The SMILES string of the molecule is Cc1cc(OCC(=O)NC(C)CCCC(C)C)ccc1[N+](=O)[O-]. The van der Waals surface area contributed by atoms with E-state index in [0.29, 0.717) is 17.2 Å². The average Bonchev–Trinajstić information content (AvgIpc) is 2.44. The zero-order valence-electron chi connectivity index (χ0n) is 14.3. The molecule has 1 amide bonds. The predicted molar refractivity (Wildman–Crippen MR) is 89.6 cm³/mol. The number of amides is 1. The number of nitro benzene ring substituents is 1. The van der Waals surface area contributed by atoms with Gasteiger partial charge in [0.1, 0.15) is 5.75 Å². The zero-order chi connectivity index (χ0) is 17.4. The van der Waals surface area contributed by atoms with Crippen molar-refractivity contribution in [2.45, 2.75) is 53.0 Å². The lowest BCUT2D eigenvalue weighted by Crippen LogP contribution is -2.36. The van der Waals surface area contributed by atoms with Crippen LogP contribution < -0.4 is 10.1 Å². The molecule has 6 nitrogen and oxygen atoms in total. The van der Waals surface area contributed by atoms with Crippen molar-refractivity contribution in [2.75, 3.05) is 6.61 Å². The van der Waals surface area contributed by atoms with Gasteiger partial charge < -0.3 is 10.1 Å². The monoisotopic (exact) mass is 322 g/mol. The van der Waals surface area contributed by atoms with E-state index < -0.39 is 4.92 Å². The molecule has 0 aliphatic carbocycles. The highest BCUT2D eigenvalue weighted by Gasteiger charge is 2.12. The van der Waals surface area contributed by atoms with Gasteiger partial charge in [0, 0.05) is 17.7 Å². The number of nitrogens with zero attached hydrogens (tertiary/aromatic N) is 1. The highest BCUT2D eigenvalue weighted by molar-refractivity contribution is 5.77. The smallest absolute Gasteiger partial charge is 0.272 e. The molecule has 128 valence electrons. The molecule has 0 fully saturated rings. The molecule has 1 N–H and O–H groups in total. The predicted octanol–water partition coefficient (Wildman–Crippen LogP) is 3.61. The van der Waals surface area contributed by atoms with Gasteiger partial charge in [0.25, 0.3) is 11.6 Å². The van der Waals surface area contributed by atoms with Crippen LogP contribution in [0.1, 0.15) is 45.6 Å². The molecule has 0 radical (unpaired) electrons. The van der Waals surface area contributed by atoms with E-state index in [-0.39, 0.29) is 24.2 Å². The summed E-state index contributed by atoms with van der Waals surface area (Å²) in [5.41, 5.74) is 0.551. The van der Waals surface area contributed by atoms with Gasteiger partial charge >= 0.3 is 0 Å². The van der Waals surface area contributed by atoms with Gasteiger partial charge in [-0.05, 0) is 38.3 Å². The number of carbonyl (C=O) groups is 1. The van der Waals surface area contributed by atoms with E-state index in [1.54, 1.807) is 13.0 Å². The second-order valence-corrected chi connectivity index (χ2v) is 6.29. The number of nitro groups is 1. The molecule has 0 aliphatic heterocycles. The molecule has 1 rings (SSSR count). The number of rotatable bonds is 9. The third-order valence-corrected chi connectivity index (χ3v) is 3.56. The van der Waals surface area contributed by atoms with Crippen LogP contribution in [0.25, 0.3) is 0 Å². The summed E-state index contributed by atoms with van der Waals surface area (Å²) in [5.74, 6) is 0.945. The molecule has 1 unspecified atom stereocenters. The summed E-state index contributed by atoms with van der Waals surface area (Å²) in [6.45, 7) is 7.90. The molecule has 0 heterocycles. The maximum Gasteiger partial charge on any atom is 0.272 e. The highest BCUT2D eigenvalue weighted by Crippen LogP contribution is 2.22. The number of hydrogen-bond acceptors (Lipinski definition) is 4. The number of ether oxygens (including phenoxy) is 1. The summed E-state index contributed by atoms with van der Waals surface area (Å²) in [6.07, 6.45) is 3.18. The minimum atomic E-state index is -0.440. The summed E-state index contributed by atoms with van der Waals surface area (Å²) in [5, 5.41) is 13.6. The lowest BCUT2D eigenvalue weighted by molar-refractivity contribution is -0.385. The molecule has 1 aromatic carbocycles. The van der Waals surface area contributed by atoms with Gasteiger partial charge in [0.15, 0.2) is 6.61 Å². The van der Waals surface area contributed by atoms with Crippen LogP contribution in [0.15, 0.2) is 18.2 Å². The summed E-state index contributed by atoms with van der Waals surface area (Å²) in [6, 6.07) is 4.57. The van der Waals surface area contributed by atoms with E-state index in [1.807, 2.05) is 6.92 Å². The fourth-order valence-electron chi connectivity index (χ4n) is 2.29. The van der Waals surface area contributed by atoms with E-state index in [2.05, 4.69) is 19.2 Å². The van der Waals surface area contributed by atoms with Gasteiger partial charge in [-0.2, -0.15) is 0 Å². The lowest BCUT2D eigenvalue weighted by Gasteiger charge is -2.15. The van der Waals surface area contributed by atoms with E-state index in [9.17, 15) is 14.9 Å². The Kier molecular flexibility index (Phi) is 7.51. The largest absolute Gasteiger partial charge is 0.484 e. The van der Waals surface area contributed by atoms with Crippen LogP contribution in [-0.2, 0) is 4.79 Å². The zero-order valence-corrected chi connectivity index (χ0v) is 14.3. The van der Waals surface area contributed by atoms with Crippen LogP contribution in [-0.4, -0.2) is 23.5 Å². The minimum Gasteiger partial charge on any atom is -0.484 e. The first-order valence-corrected chi connectivity index (χ1v) is 7.96. The van der Waals surface area contributed by atoms with Gasteiger partial charge in [-0.1, -0.05) is 26.7 Å². The van der Waals surface area contributed by atoms with E-state index in [4.69, 9.17) is 4.74 Å². The molecule has 6 heteroatoms. The number of carbonyl (C=O) groups excluding carboxylic acids is 1. The Morgan fingerprint density at radius 2 is 2.00 bits per heavy atom. The van der Waals surface area contributed by atoms with Crippen LogP contribution in [0.3, 0.4) is 0 Å². The Hall–Kier alpha value is -2.11. The summed E-state index contributed by atoms with van der Waals surface area (Å²) < 4.78 is 5.39. The first kappa shape index (κ1) is 18.9. The Labute approximate surface area is 137 Å². The normalized spacial score (nSPS) is 12.0. The minimum absolute atomic E-state index is 0.0422. The van der Waals surface area contributed by atoms with E-state index in [1.165, 1.54) is 12.1 Å². The van der Waals surface area contributed by atoms with Gasteiger partial charge in [-0.15, -0.1) is 0 Å². The fraction of sp³-hybridized carbons (Fsp3) is 0.588. The molecule has 0 saturated heterocycles. The van der Waals surface area contributed by atoms with E-state index in [0.717, 1.165) is 19.3 Å². The van der Waals surface area contributed by atoms with Crippen molar-refractivity contribution in [3.8, 4) is 5.75 Å². The van der Waals surface area contributed by atoms with Crippen LogP contribution in [0.4, 0.5) is 5.69 Å². The second kappa shape index (κ2) is 9.12. The molecule has 23 heavy (non-hydrogen) atoms. The van der Waals surface area contributed by atoms with Gasteiger partial charge in [-0.3, -0.25) is 14.9 Å². The van der Waals surface area contributed by atoms with Crippen molar-refractivity contribution in [1.82, 2.24) is 5.32 Å². The molecule has 1 atom stereocenters. The number of nitrogens with one attached hydrogen (secondary N) is 1. The average molecular weight is 322 g/mol. The Balaban J connectivity index is 2.38. The molecule has 0 aromatic heterocycles. The standard InChI is InChI=1S/C17H26N2O4/c1-12(2)6-5-7-14(4)18-17(20)11-23-15-8-9-16(19(21)22)13(3)10-15/h8-10,12,14H,5-7,11H2,1-4H3,(H,18,20). The van der Waals surface area contributed by atoms with Crippen molar-refractivity contribution in [2.24, 2.45) is 5.92 Å². The lowest BCUT2D eigenvalue weighted by atomic mass is 10.0. The molecule has 0 saturated carbocycles. The summed E-state index contributed by atoms with van der Waals surface area (Å²) in [4.78, 5) is 22.1. The number of benzene rings is 1. The number of hydrogen-bond donors (Lipinski definition) is 1. The maximum absolute atomic E-state index is 11.8. The number of aryl methyl sites for hydroxylation is 1. The summed E-state index contributed by atoms with van der Waals surface area (Å²) in [7, 11) is 0. The third kappa shape index (κ3) is 7.13. The Morgan fingerprint density at radius 1 is 1.30 bits per heavy atom. The van der Waals surface area contributed by atoms with Crippen molar-refractivity contribution < 1.29 is 14.5 Å². The van der Waals surface area contributed by atoms with Crippen molar-refractivity contribution in [3.05, 3.63) is 33.9 Å². The summed E-state index contributed by atoms with van der Waals surface area (Å²) >= 11 is 0. The van der Waals surface area contributed by atoms with Crippen LogP contribution in [0, 0.1) is 23.0 Å². The first-order chi connectivity index (χ1) is 10.8. The van der Waals surface area contributed by atoms with Gasteiger partial charge in [-0.25, -0.2) is 0 Å². The Bertz CT molecular complexity index is 543. The van der Waals surface area contributed by atoms with E-state index >= 15 is 0 Å². The topological polar surface area (TPSA) is 81.5 Å². The van der Waals surface area contributed by atoms with Crippen LogP contribution >= 0.6 is 0 Å². The van der Waals surface area contributed by atoms with Crippen molar-refractivity contribution in [1.29, 1.82) is 0 Å². The molecule has 0 aliphatic rings. The van der Waals surface area contributed by atoms with Gasteiger partial charge in [0.05, 0.1) is 4.92 Å². The van der Waals surface area contributed by atoms with Crippen molar-refractivity contribution >= 4 is 11.6 Å². The molecule has 0 spiro atoms. The molecule has 1 aromatic rings. The maximum atomic E-state index is 11.8. The fourth-order valence-corrected chi connectivity index (χ4v) is 2.29. The Morgan fingerprint density at radius 3 is 2.57 bits per heavy atom. The third-order valence-electron chi connectivity index (χ3n) is 3.56. The second-order valence-electron chi connectivity index (χ2n) is 6.29. The molecule has 0 bridgehead atoms. The first-order valence-electron chi connectivity index (χ1n) is 7.96. The molecular formula is C17H26N2O4. The van der Waals surface area contributed by atoms with Crippen molar-refractivity contribution in [3.63, 3.8) is 0 Å². The van der Waals surface area contributed by atoms with Crippen LogP contribution in [0.5, 0.6) is 5.75 Å². The quantitative estimate of drug-likeness (QED) is 0.556. The van der Waals surface area contributed by atoms with Crippen LogP contribution in [0.2, 0.25) is 0 Å². The van der Waals surface area contributed by atoms with Gasteiger partial charge in [0.2, 0.25) is 0 Å². The molecular weight excluding hydrogens is 296 g/mol.